The molecule has 1 aliphatic heterocycles. The predicted octanol–water partition coefficient (Wildman–Crippen LogP) is 3.54. The third kappa shape index (κ3) is 3.10. The van der Waals surface area contributed by atoms with Gasteiger partial charge >= 0.3 is 0 Å². The molecule has 2 aromatic rings. The van der Waals surface area contributed by atoms with Gasteiger partial charge in [0.2, 0.25) is 5.91 Å². The lowest BCUT2D eigenvalue weighted by molar-refractivity contribution is -0.131. The van der Waals surface area contributed by atoms with Crippen molar-refractivity contribution in [1.82, 2.24) is 10.1 Å². The lowest BCUT2D eigenvalue weighted by atomic mass is 10.1. The fourth-order valence-electron chi connectivity index (χ4n) is 2.78. The zero-order chi connectivity index (χ0) is 14.8. The Hall–Kier alpha value is -1.81. The molecule has 21 heavy (non-hydrogen) atoms. The first-order valence-electron chi connectivity index (χ1n) is 7.10. The van der Waals surface area contributed by atoms with E-state index in [4.69, 9.17) is 16.1 Å². The minimum Gasteiger partial charge on any atom is -0.359 e. The molecule has 1 fully saturated rings. The first-order chi connectivity index (χ1) is 10.1. The van der Waals surface area contributed by atoms with Crippen LogP contribution in [-0.4, -0.2) is 22.5 Å². The molecule has 0 radical (unpaired) electrons. The molecule has 3 rings (SSSR count). The van der Waals surface area contributed by atoms with Crippen molar-refractivity contribution in [1.29, 1.82) is 0 Å². The average molecular weight is 305 g/mol. The lowest BCUT2D eigenvalue weighted by Crippen LogP contribution is -2.31. The van der Waals surface area contributed by atoms with Crippen molar-refractivity contribution in [2.24, 2.45) is 0 Å². The summed E-state index contributed by atoms with van der Waals surface area (Å²) in [6.45, 7) is 2.67. The Morgan fingerprint density at radius 2 is 2.19 bits per heavy atom. The number of likely N-dealkylation sites (tertiary alicyclic amines) is 1. The molecule has 0 N–H and O–H groups in total. The minimum atomic E-state index is 0.0194. The summed E-state index contributed by atoms with van der Waals surface area (Å²) in [6.07, 6.45) is 2.32. The number of amides is 1. The van der Waals surface area contributed by atoms with Crippen molar-refractivity contribution in [2.45, 2.75) is 32.2 Å². The van der Waals surface area contributed by atoms with Gasteiger partial charge in [0.25, 0.3) is 0 Å². The van der Waals surface area contributed by atoms with Crippen LogP contribution in [0.25, 0.3) is 0 Å². The predicted molar refractivity (Wildman–Crippen MR) is 80.1 cm³/mol. The van der Waals surface area contributed by atoms with E-state index in [0.717, 1.165) is 36.4 Å². The van der Waals surface area contributed by atoms with Crippen molar-refractivity contribution in [3.63, 3.8) is 0 Å². The molecule has 2 heterocycles. The maximum Gasteiger partial charge on any atom is 0.227 e. The highest BCUT2D eigenvalue weighted by atomic mass is 35.5. The zero-order valence-corrected chi connectivity index (χ0v) is 12.6. The smallest absolute Gasteiger partial charge is 0.227 e. The third-order valence-electron chi connectivity index (χ3n) is 3.82. The van der Waals surface area contributed by atoms with Crippen molar-refractivity contribution >= 4 is 17.5 Å². The number of carbonyl (C=O) groups is 1. The maximum atomic E-state index is 12.5. The van der Waals surface area contributed by atoms with Crippen LogP contribution in [0.3, 0.4) is 0 Å². The molecule has 1 amide bonds. The van der Waals surface area contributed by atoms with Crippen LogP contribution in [0.1, 0.15) is 35.9 Å². The van der Waals surface area contributed by atoms with Crippen molar-refractivity contribution in [3.8, 4) is 0 Å². The van der Waals surface area contributed by atoms with Gasteiger partial charge in [-0.1, -0.05) is 28.9 Å². The van der Waals surface area contributed by atoms with Crippen LogP contribution < -0.4 is 0 Å². The van der Waals surface area contributed by atoms with Crippen LogP contribution in [-0.2, 0) is 11.2 Å². The second kappa shape index (κ2) is 5.90. The molecule has 0 aliphatic carbocycles. The first kappa shape index (κ1) is 14.1. The van der Waals surface area contributed by atoms with Crippen LogP contribution in [0.5, 0.6) is 0 Å². The van der Waals surface area contributed by atoms with E-state index in [2.05, 4.69) is 5.16 Å². The summed E-state index contributed by atoms with van der Waals surface area (Å²) in [4.78, 5) is 14.4. The van der Waals surface area contributed by atoms with Gasteiger partial charge in [-0.25, -0.2) is 0 Å². The Kier molecular flexibility index (Phi) is 3.97. The molecule has 0 spiro atoms. The van der Waals surface area contributed by atoms with E-state index in [9.17, 15) is 4.79 Å². The second-order valence-electron chi connectivity index (χ2n) is 5.42. The van der Waals surface area contributed by atoms with Gasteiger partial charge in [0.15, 0.2) is 5.76 Å². The second-order valence-corrected chi connectivity index (χ2v) is 5.86. The van der Waals surface area contributed by atoms with Gasteiger partial charge in [-0.15, -0.1) is 0 Å². The Morgan fingerprint density at radius 1 is 1.43 bits per heavy atom. The Morgan fingerprint density at radius 3 is 2.86 bits per heavy atom. The van der Waals surface area contributed by atoms with Gasteiger partial charge in [-0.3, -0.25) is 4.79 Å². The third-order valence-corrected chi connectivity index (χ3v) is 4.07. The van der Waals surface area contributed by atoms with Crippen LogP contribution in [0, 0.1) is 6.92 Å². The SMILES string of the molecule is Cc1cc(C2CCCN2C(=O)Cc2ccc(Cl)cc2)on1. The summed E-state index contributed by atoms with van der Waals surface area (Å²) in [6, 6.07) is 9.34. The molecule has 1 atom stereocenters. The van der Waals surface area contributed by atoms with Gasteiger partial charge in [0.05, 0.1) is 18.2 Å². The maximum absolute atomic E-state index is 12.5. The molecule has 0 saturated carbocycles. The van der Waals surface area contributed by atoms with Gasteiger partial charge in [-0.05, 0) is 37.5 Å². The monoisotopic (exact) mass is 304 g/mol. The lowest BCUT2D eigenvalue weighted by Gasteiger charge is -2.22. The minimum absolute atomic E-state index is 0.0194. The number of halogens is 1. The molecule has 4 nitrogen and oxygen atoms in total. The number of rotatable bonds is 3. The van der Waals surface area contributed by atoms with Crippen molar-refractivity contribution < 1.29 is 9.32 Å². The van der Waals surface area contributed by atoms with E-state index >= 15 is 0 Å². The topological polar surface area (TPSA) is 46.3 Å². The summed E-state index contributed by atoms with van der Waals surface area (Å²) in [5, 5.41) is 4.60. The van der Waals surface area contributed by atoms with E-state index in [1.165, 1.54) is 0 Å². The number of aromatic nitrogens is 1. The van der Waals surface area contributed by atoms with E-state index < -0.39 is 0 Å². The molecule has 1 aromatic heterocycles. The summed E-state index contributed by atoms with van der Waals surface area (Å²) < 4.78 is 5.33. The Balaban J connectivity index is 1.72. The quantitative estimate of drug-likeness (QED) is 0.871. The number of aryl methyl sites for hydroxylation is 1. The molecule has 1 aliphatic rings. The van der Waals surface area contributed by atoms with E-state index in [0.29, 0.717) is 11.4 Å². The van der Waals surface area contributed by atoms with Gasteiger partial charge in [0.1, 0.15) is 0 Å². The number of hydrogen-bond acceptors (Lipinski definition) is 3. The molecular weight excluding hydrogens is 288 g/mol. The van der Waals surface area contributed by atoms with Crippen molar-refractivity contribution in [3.05, 3.63) is 52.4 Å². The van der Waals surface area contributed by atoms with Crippen LogP contribution in [0.4, 0.5) is 0 Å². The Labute approximate surface area is 128 Å². The molecule has 5 heteroatoms. The highest BCUT2D eigenvalue weighted by Gasteiger charge is 2.32. The fourth-order valence-corrected chi connectivity index (χ4v) is 2.91. The zero-order valence-electron chi connectivity index (χ0n) is 11.9. The molecule has 1 unspecified atom stereocenters. The summed E-state index contributed by atoms with van der Waals surface area (Å²) in [5.74, 6) is 0.906. The Bertz CT molecular complexity index is 636. The molecule has 110 valence electrons. The number of hydrogen-bond donors (Lipinski definition) is 0. The molecule has 0 bridgehead atoms. The highest BCUT2D eigenvalue weighted by molar-refractivity contribution is 6.30. The molecule has 1 aromatic carbocycles. The highest BCUT2D eigenvalue weighted by Crippen LogP contribution is 2.32. The number of nitrogens with zero attached hydrogens (tertiary/aromatic N) is 2. The van der Waals surface area contributed by atoms with Crippen molar-refractivity contribution in [2.75, 3.05) is 6.54 Å². The molecular formula is C16H17ClN2O2. The standard InChI is InChI=1S/C16H17ClN2O2/c1-11-9-15(21-18-11)14-3-2-8-19(14)16(20)10-12-4-6-13(17)7-5-12/h4-7,9,14H,2-3,8,10H2,1H3. The summed E-state index contributed by atoms with van der Waals surface area (Å²) >= 11 is 5.87. The number of carbonyl (C=O) groups excluding carboxylic acids is 1. The van der Waals surface area contributed by atoms with Gasteiger partial charge in [-0.2, -0.15) is 0 Å². The van der Waals surface area contributed by atoms with E-state index in [1.807, 2.05) is 42.2 Å². The van der Waals surface area contributed by atoms with Gasteiger partial charge in [0, 0.05) is 17.6 Å². The van der Waals surface area contributed by atoms with Crippen LogP contribution in [0.2, 0.25) is 5.02 Å². The normalized spacial score (nSPS) is 18.2. The number of benzene rings is 1. The largest absolute Gasteiger partial charge is 0.359 e. The summed E-state index contributed by atoms with van der Waals surface area (Å²) in [7, 11) is 0. The average Bonchev–Trinajstić information content (AvgIpc) is 3.09. The van der Waals surface area contributed by atoms with E-state index in [-0.39, 0.29) is 11.9 Å². The first-order valence-corrected chi connectivity index (χ1v) is 7.48. The fraction of sp³-hybridized carbons (Fsp3) is 0.375. The summed E-state index contributed by atoms with van der Waals surface area (Å²) in [5.41, 5.74) is 1.82. The van der Waals surface area contributed by atoms with Crippen LogP contribution in [0.15, 0.2) is 34.9 Å². The van der Waals surface area contributed by atoms with E-state index in [1.54, 1.807) is 0 Å². The van der Waals surface area contributed by atoms with Crippen LogP contribution >= 0.6 is 11.6 Å². The molecule has 1 saturated heterocycles. The van der Waals surface area contributed by atoms with Gasteiger partial charge < -0.3 is 9.42 Å².